The van der Waals surface area contributed by atoms with Gasteiger partial charge in [0.15, 0.2) is 0 Å². The smallest absolute Gasteiger partial charge is 0.748 e. The number of Topliss-reactive ketones (excluding diaryl/α,β-unsaturated/α-hetero) is 1. The van der Waals surface area contributed by atoms with E-state index < -0.39 is 22.0 Å². The van der Waals surface area contributed by atoms with Crippen molar-refractivity contribution in [3.63, 3.8) is 0 Å². The summed E-state index contributed by atoms with van der Waals surface area (Å²) in [6.45, 7) is 2.77. The number of allylic oxidation sites excluding steroid dienone is 2. The van der Waals surface area contributed by atoms with Gasteiger partial charge in [-0.25, -0.2) is 13.4 Å². The van der Waals surface area contributed by atoms with Crippen molar-refractivity contribution >= 4 is 21.7 Å². The predicted molar refractivity (Wildman–Crippen MR) is 116 cm³/mol. The van der Waals surface area contributed by atoms with Gasteiger partial charge < -0.3 is 14.8 Å². The predicted octanol–water partition coefficient (Wildman–Crippen LogP) is -1.23. The molecule has 2 atom stereocenters. The molecule has 0 radical (unpaired) electrons. The number of hydrogen-bond acceptors (Lipinski definition) is 7. The van der Waals surface area contributed by atoms with Crippen LogP contribution in [0.15, 0.2) is 17.1 Å². The Morgan fingerprint density at radius 3 is 2.48 bits per heavy atom. The third kappa shape index (κ3) is 12.6. The van der Waals surface area contributed by atoms with Gasteiger partial charge in [0, 0.05) is 6.42 Å². The topological polar surface area (TPSA) is 127 Å². The van der Waals surface area contributed by atoms with Crippen LogP contribution in [-0.4, -0.2) is 83.9 Å². The second-order valence-electron chi connectivity index (χ2n) is 8.07. The number of rotatable bonds is 17. The zero-order valence-corrected chi connectivity index (χ0v) is 22.0. The molecule has 0 aromatic heterocycles. The molecule has 1 heterocycles. The second-order valence-corrected chi connectivity index (χ2v) is 9.52. The third-order valence-electron chi connectivity index (χ3n) is 5.37. The maximum atomic E-state index is 12.7. The zero-order valence-electron chi connectivity index (χ0n) is 19.2. The fraction of sp³-hybridized carbons (Fsp3) is 0.810. The molecule has 8 nitrogen and oxygen atoms in total. The van der Waals surface area contributed by atoms with Crippen molar-refractivity contribution < 1.29 is 62.0 Å². The molecule has 1 rings (SSSR count). The van der Waals surface area contributed by atoms with Gasteiger partial charge in [0.2, 0.25) is 5.78 Å². The minimum atomic E-state index is -4.58. The Hall–Kier alpha value is -0.130. The Labute approximate surface area is 209 Å². The van der Waals surface area contributed by atoms with Crippen LogP contribution in [0.5, 0.6) is 0 Å². The zero-order chi connectivity index (χ0) is 22.5. The number of unbranched alkanes of at least 4 members (excludes halogenated alkanes) is 6. The van der Waals surface area contributed by atoms with Gasteiger partial charge in [-0.1, -0.05) is 44.8 Å². The summed E-state index contributed by atoms with van der Waals surface area (Å²) in [5, 5.41) is 19.5. The number of aliphatic hydroxyl groups is 2. The van der Waals surface area contributed by atoms with Crippen LogP contribution >= 0.6 is 0 Å². The first-order valence-electron chi connectivity index (χ1n) is 11.1. The Bertz CT molecular complexity index is 683. The maximum absolute atomic E-state index is 12.7. The van der Waals surface area contributed by atoms with Gasteiger partial charge in [0.1, 0.15) is 25.7 Å². The Balaban J connectivity index is 0.00000900. The summed E-state index contributed by atoms with van der Waals surface area (Å²) in [4.78, 5) is 17.0. The molecular formula is C21H38N2NaO6S+. The minimum absolute atomic E-state index is 0. The number of amidine groups is 1. The van der Waals surface area contributed by atoms with Crippen LogP contribution in [0.4, 0.5) is 0 Å². The molecule has 0 saturated carbocycles. The molecule has 0 amide bonds. The number of nitrogens with zero attached hydrogens (tertiary/aromatic N) is 2. The number of carbonyl (C=O) groups excluding carboxylic acids is 1. The van der Waals surface area contributed by atoms with Crippen molar-refractivity contribution in [3.8, 4) is 0 Å². The fourth-order valence-corrected chi connectivity index (χ4v) is 4.49. The third-order valence-corrected chi connectivity index (χ3v) is 6.16. The summed E-state index contributed by atoms with van der Waals surface area (Å²) in [6, 6.07) is 0. The van der Waals surface area contributed by atoms with Gasteiger partial charge in [-0.3, -0.25) is 9.28 Å². The molecule has 31 heavy (non-hydrogen) atoms. The van der Waals surface area contributed by atoms with Crippen molar-refractivity contribution in [2.75, 3.05) is 38.5 Å². The first kappa shape index (κ1) is 30.9. The second kappa shape index (κ2) is 16.5. The Morgan fingerprint density at radius 2 is 1.84 bits per heavy atom. The Kier molecular flexibility index (Phi) is 16.4. The number of ketones is 1. The largest absolute Gasteiger partial charge is 1.00 e. The van der Waals surface area contributed by atoms with Crippen LogP contribution in [0.1, 0.15) is 64.7 Å². The van der Waals surface area contributed by atoms with Crippen molar-refractivity contribution in [2.24, 2.45) is 4.99 Å². The van der Waals surface area contributed by atoms with E-state index in [1.165, 1.54) is 6.42 Å². The molecule has 0 aromatic rings. The number of aliphatic imine (C=N–C) groups is 1. The molecule has 2 N–H and O–H groups in total. The van der Waals surface area contributed by atoms with Crippen LogP contribution in [-0.2, 0) is 14.9 Å². The molecule has 0 aromatic carbocycles. The first-order valence-corrected chi connectivity index (χ1v) is 12.6. The van der Waals surface area contributed by atoms with E-state index in [1.54, 1.807) is 0 Å². The van der Waals surface area contributed by atoms with E-state index in [-0.39, 0.29) is 65.4 Å². The summed E-state index contributed by atoms with van der Waals surface area (Å²) in [5.74, 6) is -0.749. The fourth-order valence-electron chi connectivity index (χ4n) is 3.92. The van der Waals surface area contributed by atoms with Crippen LogP contribution in [0, 0.1) is 0 Å². The molecule has 0 spiro atoms. The molecular weight excluding hydrogens is 431 g/mol. The van der Waals surface area contributed by atoms with E-state index in [9.17, 15) is 28.0 Å². The summed E-state index contributed by atoms with van der Waals surface area (Å²) in [5.41, 5.74) is 0. The van der Waals surface area contributed by atoms with Gasteiger partial charge in [0.25, 0.3) is 5.84 Å². The SMILES string of the molecule is CCC/C=C/CCCCCCCC(=O)C1=NCC[N+]1(CCO)CC(O)CS(=O)(=O)[O-].[Na+]. The van der Waals surface area contributed by atoms with Crippen molar-refractivity contribution in [1.82, 2.24) is 0 Å². The number of aliphatic hydroxyl groups excluding tert-OH is 2. The van der Waals surface area contributed by atoms with E-state index in [1.807, 2.05) is 0 Å². The number of hydrogen-bond donors (Lipinski definition) is 2. The molecule has 174 valence electrons. The van der Waals surface area contributed by atoms with Gasteiger partial charge in [-0.2, -0.15) is 0 Å². The van der Waals surface area contributed by atoms with Crippen molar-refractivity contribution in [1.29, 1.82) is 0 Å². The summed E-state index contributed by atoms with van der Waals surface area (Å²) < 4.78 is 32.7. The molecule has 10 heteroatoms. The Morgan fingerprint density at radius 1 is 1.19 bits per heavy atom. The van der Waals surface area contributed by atoms with Crippen LogP contribution < -0.4 is 29.6 Å². The normalized spacial score (nSPS) is 19.9. The number of quaternary nitrogens is 1. The minimum Gasteiger partial charge on any atom is -0.748 e. The summed E-state index contributed by atoms with van der Waals surface area (Å²) in [6.07, 6.45) is 11.8. The van der Waals surface area contributed by atoms with E-state index in [4.69, 9.17) is 0 Å². The molecule has 0 fully saturated rings. The quantitative estimate of drug-likeness (QED) is 0.0903. The molecule has 1 aliphatic heterocycles. The maximum Gasteiger partial charge on any atom is 1.00 e. The molecule has 1 aliphatic rings. The van der Waals surface area contributed by atoms with Crippen LogP contribution in [0.2, 0.25) is 0 Å². The van der Waals surface area contributed by atoms with Gasteiger partial charge >= 0.3 is 29.6 Å². The summed E-state index contributed by atoms with van der Waals surface area (Å²) in [7, 11) is -4.58. The van der Waals surface area contributed by atoms with Crippen molar-refractivity contribution in [3.05, 3.63) is 12.2 Å². The standard InChI is InChI=1S/C21H38N2O6S.Na/c1-2-3-4-5-6-7-8-9-10-11-12-20(26)21-22-13-14-23(21,15-16-24)17-19(25)18-30(27,28)29;/h4-5,19,24-25H,2-3,6-18H2,1H3;/q;+1/b5-4+;. The van der Waals surface area contributed by atoms with Crippen LogP contribution in [0.25, 0.3) is 0 Å². The molecule has 0 saturated heterocycles. The van der Waals surface area contributed by atoms with Crippen molar-refractivity contribution in [2.45, 2.75) is 70.8 Å². The first-order chi connectivity index (χ1) is 14.2. The van der Waals surface area contributed by atoms with Crippen LogP contribution in [0.3, 0.4) is 0 Å². The van der Waals surface area contributed by atoms with Gasteiger partial charge in [-0.05, 0) is 25.7 Å². The number of carbonyl (C=O) groups is 1. The monoisotopic (exact) mass is 469 g/mol. The average molecular weight is 470 g/mol. The summed E-state index contributed by atoms with van der Waals surface area (Å²) >= 11 is 0. The van der Waals surface area contributed by atoms with E-state index in [0.717, 1.165) is 44.9 Å². The molecule has 0 aliphatic carbocycles. The van der Waals surface area contributed by atoms with E-state index in [2.05, 4.69) is 24.1 Å². The van der Waals surface area contributed by atoms with E-state index >= 15 is 0 Å². The molecule has 0 bridgehead atoms. The van der Waals surface area contributed by atoms with E-state index in [0.29, 0.717) is 19.5 Å². The average Bonchev–Trinajstić information content (AvgIpc) is 3.04. The molecule has 2 unspecified atom stereocenters. The van der Waals surface area contributed by atoms with Gasteiger partial charge in [0.05, 0.1) is 29.0 Å². The van der Waals surface area contributed by atoms with Gasteiger partial charge in [-0.15, -0.1) is 0 Å².